The molecule has 0 atom stereocenters. The van der Waals surface area contributed by atoms with Gasteiger partial charge in [-0.3, -0.25) is 4.79 Å². The summed E-state index contributed by atoms with van der Waals surface area (Å²) in [5.41, 5.74) is 0.394. The van der Waals surface area contributed by atoms with Gasteiger partial charge in [-0.05, 0) is 30.7 Å². The molecule has 4 nitrogen and oxygen atoms in total. The molecular weight excluding hydrogens is 240 g/mol. The Bertz CT molecular complexity index is 474. The third-order valence-corrected chi connectivity index (χ3v) is 4.01. The summed E-state index contributed by atoms with van der Waals surface area (Å²) in [7, 11) is -1.75. The zero-order chi connectivity index (χ0) is 12.9. The van der Waals surface area contributed by atoms with E-state index in [2.05, 4.69) is 0 Å². The van der Waals surface area contributed by atoms with Crippen molar-refractivity contribution in [2.75, 3.05) is 18.6 Å². The van der Waals surface area contributed by atoms with Crippen molar-refractivity contribution in [3.63, 3.8) is 0 Å². The Morgan fingerprint density at radius 1 is 1.24 bits per heavy atom. The second-order valence-corrected chi connectivity index (χ2v) is 5.93. The highest BCUT2D eigenvalue weighted by Crippen LogP contribution is 2.12. The van der Waals surface area contributed by atoms with Crippen molar-refractivity contribution in [2.24, 2.45) is 0 Å². The number of benzene rings is 1. The van der Waals surface area contributed by atoms with Crippen LogP contribution in [-0.4, -0.2) is 32.8 Å². The van der Waals surface area contributed by atoms with Crippen LogP contribution in [0.15, 0.2) is 24.3 Å². The molecule has 0 aliphatic heterocycles. The lowest BCUT2D eigenvalue weighted by atomic mass is 10.1. The van der Waals surface area contributed by atoms with Crippen molar-refractivity contribution < 1.29 is 17.9 Å². The van der Waals surface area contributed by atoms with Crippen LogP contribution in [-0.2, 0) is 9.84 Å². The fourth-order valence-electron chi connectivity index (χ4n) is 1.44. The SMILES string of the molecule is CCCS(=O)(=O)CC(=O)c1ccc(OC)cc1. The molecule has 0 aliphatic rings. The number of carbonyl (C=O) groups is 1. The predicted octanol–water partition coefficient (Wildman–Crippen LogP) is 1.70. The van der Waals surface area contributed by atoms with Crippen LogP contribution in [0.4, 0.5) is 0 Å². The van der Waals surface area contributed by atoms with Crippen molar-refractivity contribution in [1.82, 2.24) is 0 Å². The Labute approximate surface area is 102 Å². The third-order valence-electron chi connectivity index (χ3n) is 2.28. The van der Waals surface area contributed by atoms with E-state index in [0.717, 1.165) is 0 Å². The predicted molar refractivity (Wildman–Crippen MR) is 66.3 cm³/mol. The topological polar surface area (TPSA) is 60.4 Å². The minimum atomic E-state index is -3.28. The van der Waals surface area contributed by atoms with E-state index < -0.39 is 15.6 Å². The Morgan fingerprint density at radius 3 is 2.29 bits per heavy atom. The first-order valence-electron chi connectivity index (χ1n) is 5.36. The van der Waals surface area contributed by atoms with E-state index in [1.54, 1.807) is 31.2 Å². The number of Topliss-reactive ketones (excluding diaryl/α,β-unsaturated/α-hetero) is 1. The van der Waals surface area contributed by atoms with Gasteiger partial charge in [-0.1, -0.05) is 6.92 Å². The minimum absolute atomic E-state index is 0.0505. The van der Waals surface area contributed by atoms with Crippen LogP contribution in [0.1, 0.15) is 23.7 Å². The quantitative estimate of drug-likeness (QED) is 0.727. The summed E-state index contributed by atoms with van der Waals surface area (Å²) >= 11 is 0. The molecule has 0 saturated heterocycles. The monoisotopic (exact) mass is 256 g/mol. The molecule has 5 heteroatoms. The van der Waals surface area contributed by atoms with Crippen LogP contribution >= 0.6 is 0 Å². The molecule has 0 N–H and O–H groups in total. The van der Waals surface area contributed by atoms with Gasteiger partial charge in [0.15, 0.2) is 15.6 Å². The number of ether oxygens (including phenoxy) is 1. The largest absolute Gasteiger partial charge is 0.497 e. The number of methoxy groups -OCH3 is 1. The Kier molecular flexibility index (Phi) is 4.69. The molecule has 0 spiro atoms. The molecule has 94 valence electrons. The molecule has 0 fully saturated rings. The lowest BCUT2D eigenvalue weighted by molar-refractivity contribution is 0.102. The van der Waals surface area contributed by atoms with Gasteiger partial charge >= 0.3 is 0 Å². The summed E-state index contributed by atoms with van der Waals surface area (Å²) in [5, 5.41) is 0. The molecule has 0 aliphatic carbocycles. The first-order valence-corrected chi connectivity index (χ1v) is 7.18. The highest BCUT2D eigenvalue weighted by Gasteiger charge is 2.16. The molecule has 0 amide bonds. The van der Waals surface area contributed by atoms with Crippen LogP contribution in [0.5, 0.6) is 5.75 Å². The van der Waals surface area contributed by atoms with Gasteiger partial charge in [0.05, 0.1) is 12.9 Å². The van der Waals surface area contributed by atoms with Crippen LogP contribution < -0.4 is 4.74 Å². The zero-order valence-electron chi connectivity index (χ0n) is 9.97. The highest BCUT2D eigenvalue weighted by atomic mass is 32.2. The van der Waals surface area contributed by atoms with Gasteiger partial charge in [-0.2, -0.15) is 0 Å². The molecule has 1 aromatic rings. The second kappa shape index (κ2) is 5.82. The van der Waals surface area contributed by atoms with Gasteiger partial charge in [0.25, 0.3) is 0 Å². The van der Waals surface area contributed by atoms with Crippen molar-refractivity contribution in [3.8, 4) is 5.75 Å². The van der Waals surface area contributed by atoms with Crippen molar-refractivity contribution in [3.05, 3.63) is 29.8 Å². The fourth-order valence-corrected chi connectivity index (χ4v) is 2.78. The normalized spacial score (nSPS) is 11.2. The van der Waals surface area contributed by atoms with Gasteiger partial charge in [0.1, 0.15) is 11.5 Å². The molecule has 1 rings (SSSR count). The maximum Gasteiger partial charge on any atom is 0.177 e. The highest BCUT2D eigenvalue weighted by molar-refractivity contribution is 7.92. The van der Waals surface area contributed by atoms with E-state index in [1.807, 2.05) is 0 Å². The fraction of sp³-hybridized carbons (Fsp3) is 0.417. The van der Waals surface area contributed by atoms with Crippen LogP contribution in [0, 0.1) is 0 Å². The van der Waals surface area contributed by atoms with E-state index in [1.165, 1.54) is 7.11 Å². The number of ketones is 1. The molecule has 0 aromatic heterocycles. The lowest BCUT2D eigenvalue weighted by Gasteiger charge is -2.03. The van der Waals surface area contributed by atoms with Crippen molar-refractivity contribution in [1.29, 1.82) is 0 Å². The number of carbonyl (C=O) groups excluding carboxylic acids is 1. The molecule has 0 heterocycles. The van der Waals surface area contributed by atoms with E-state index in [0.29, 0.717) is 17.7 Å². The maximum atomic E-state index is 11.7. The summed E-state index contributed by atoms with van der Waals surface area (Å²) in [6, 6.07) is 6.42. The Morgan fingerprint density at radius 2 is 1.82 bits per heavy atom. The standard InChI is InChI=1S/C12H16O4S/c1-3-8-17(14,15)9-12(13)10-4-6-11(16-2)7-5-10/h4-7H,3,8-9H2,1-2H3. The summed E-state index contributed by atoms with van der Waals surface area (Å²) in [5.74, 6) is -0.110. The number of hydrogen-bond donors (Lipinski definition) is 0. The molecule has 0 bridgehead atoms. The van der Waals surface area contributed by atoms with Crippen LogP contribution in [0.2, 0.25) is 0 Å². The van der Waals surface area contributed by atoms with E-state index >= 15 is 0 Å². The van der Waals surface area contributed by atoms with E-state index in [-0.39, 0.29) is 11.5 Å². The Balaban J connectivity index is 2.76. The van der Waals surface area contributed by atoms with Gasteiger partial charge in [0.2, 0.25) is 0 Å². The van der Waals surface area contributed by atoms with Crippen molar-refractivity contribution in [2.45, 2.75) is 13.3 Å². The van der Waals surface area contributed by atoms with Crippen LogP contribution in [0.3, 0.4) is 0 Å². The number of hydrogen-bond acceptors (Lipinski definition) is 4. The van der Waals surface area contributed by atoms with Gasteiger partial charge in [-0.15, -0.1) is 0 Å². The first kappa shape index (κ1) is 13.7. The summed E-state index contributed by atoms with van der Waals surface area (Å²) in [4.78, 5) is 11.7. The molecule has 0 radical (unpaired) electrons. The van der Waals surface area contributed by atoms with Gasteiger partial charge in [0, 0.05) is 5.56 Å². The summed E-state index contributed by atoms with van der Waals surface area (Å²) in [6.07, 6.45) is 0.526. The van der Waals surface area contributed by atoms with Crippen molar-refractivity contribution >= 4 is 15.6 Å². The molecule has 1 aromatic carbocycles. The third kappa shape index (κ3) is 4.19. The number of sulfone groups is 1. The Hall–Kier alpha value is -1.36. The van der Waals surface area contributed by atoms with Gasteiger partial charge in [-0.25, -0.2) is 8.42 Å². The zero-order valence-corrected chi connectivity index (χ0v) is 10.8. The molecule has 17 heavy (non-hydrogen) atoms. The first-order chi connectivity index (χ1) is 7.98. The van der Waals surface area contributed by atoms with E-state index in [9.17, 15) is 13.2 Å². The van der Waals surface area contributed by atoms with Gasteiger partial charge < -0.3 is 4.74 Å². The average molecular weight is 256 g/mol. The lowest BCUT2D eigenvalue weighted by Crippen LogP contribution is -2.18. The molecule has 0 saturated carbocycles. The molecular formula is C12H16O4S. The molecule has 0 unspecified atom stereocenters. The minimum Gasteiger partial charge on any atom is -0.497 e. The van der Waals surface area contributed by atoms with E-state index in [4.69, 9.17) is 4.74 Å². The summed E-state index contributed by atoms with van der Waals surface area (Å²) in [6.45, 7) is 1.77. The number of rotatable bonds is 6. The maximum absolute atomic E-state index is 11.7. The van der Waals surface area contributed by atoms with Crippen LogP contribution in [0.25, 0.3) is 0 Å². The second-order valence-electron chi connectivity index (χ2n) is 3.74. The summed E-state index contributed by atoms with van der Waals surface area (Å²) < 4.78 is 27.9. The smallest absolute Gasteiger partial charge is 0.177 e. The average Bonchev–Trinajstić information content (AvgIpc) is 2.28.